The van der Waals surface area contributed by atoms with Crippen molar-refractivity contribution in [3.05, 3.63) is 47.5 Å². The summed E-state index contributed by atoms with van der Waals surface area (Å²) in [5, 5.41) is 29.6. The van der Waals surface area contributed by atoms with Gasteiger partial charge in [0, 0.05) is 17.7 Å². The van der Waals surface area contributed by atoms with Gasteiger partial charge in [-0.1, -0.05) is 36.4 Å². The zero-order valence-electron chi connectivity index (χ0n) is 15.6. The highest BCUT2D eigenvalue weighted by molar-refractivity contribution is 6.21. The molecule has 3 N–H and O–H groups in total. The molecule has 3 rings (SSSR count). The summed E-state index contributed by atoms with van der Waals surface area (Å²) in [5.74, 6) is -0.630. The number of carboxylic acid groups (broad SMARTS) is 1. The lowest BCUT2D eigenvalue weighted by atomic mass is 9.74. The Bertz CT molecular complexity index is 665. The number of halogens is 1. The van der Waals surface area contributed by atoms with Gasteiger partial charge >= 0.3 is 5.97 Å². The van der Waals surface area contributed by atoms with Crippen molar-refractivity contribution in [1.29, 1.82) is 0 Å². The van der Waals surface area contributed by atoms with E-state index in [1.54, 1.807) is 0 Å². The number of aliphatic hydroxyl groups excluding tert-OH is 1. The van der Waals surface area contributed by atoms with Gasteiger partial charge in [-0.25, -0.2) is 0 Å². The van der Waals surface area contributed by atoms with E-state index in [1.165, 1.54) is 0 Å². The third kappa shape index (κ3) is 4.74. The monoisotopic (exact) mass is 392 g/mol. The van der Waals surface area contributed by atoms with E-state index in [0.717, 1.165) is 43.2 Å². The van der Waals surface area contributed by atoms with Crippen LogP contribution in [0.5, 0.6) is 0 Å². The molecule has 0 unspecified atom stereocenters. The number of carbonyl (C=O) groups is 1. The molecule has 4 atom stereocenters. The van der Waals surface area contributed by atoms with E-state index >= 15 is 0 Å². The van der Waals surface area contributed by atoms with E-state index in [2.05, 4.69) is 6.08 Å². The van der Waals surface area contributed by atoms with Crippen LogP contribution in [0.1, 0.15) is 68.4 Å². The van der Waals surface area contributed by atoms with E-state index in [0.29, 0.717) is 12.8 Å². The van der Waals surface area contributed by atoms with E-state index in [-0.39, 0.29) is 23.6 Å². The quantitative estimate of drug-likeness (QED) is 0.349. The van der Waals surface area contributed by atoms with Gasteiger partial charge in [-0.3, -0.25) is 4.79 Å². The standard InChI is InChI=1S/C22H29ClO4/c23-18-14-19(24)21(17(18)6-3-1-2-4-7-20(25)26)15-8-10-16(11-9-15)22(27)12-5-13-22/h1,3,8-11,17-19,21,24,27H,2,4-7,12-14H2,(H,25,26)/b3-1-/t17-,18-,19+,21+/m0/s1. The van der Waals surface area contributed by atoms with Gasteiger partial charge in [0.2, 0.25) is 0 Å². The van der Waals surface area contributed by atoms with Crippen LogP contribution in [0.4, 0.5) is 0 Å². The second-order valence-electron chi connectivity index (χ2n) is 8.01. The fraction of sp³-hybridized carbons (Fsp3) is 0.591. The summed E-state index contributed by atoms with van der Waals surface area (Å²) < 4.78 is 0. The van der Waals surface area contributed by atoms with E-state index in [9.17, 15) is 15.0 Å². The smallest absolute Gasteiger partial charge is 0.303 e. The summed E-state index contributed by atoms with van der Waals surface area (Å²) in [6.07, 6.45) is 9.24. The second-order valence-corrected chi connectivity index (χ2v) is 8.57. The molecule has 1 aromatic rings. The van der Waals surface area contributed by atoms with Gasteiger partial charge in [0.15, 0.2) is 0 Å². The first-order chi connectivity index (χ1) is 12.9. The van der Waals surface area contributed by atoms with Gasteiger partial charge in [-0.2, -0.15) is 0 Å². The molecule has 1 aromatic carbocycles. The molecule has 148 valence electrons. The Morgan fingerprint density at radius 2 is 1.93 bits per heavy atom. The van der Waals surface area contributed by atoms with Gasteiger partial charge in [-0.05, 0) is 62.0 Å². The fourth-order valence-electron chi connectivity index (χ4n) is 4.38. The number of carboxylic acids is 1. The molecule has 2 fully saturated rings. The van der Waals surface area contributed by atoms with Crippen molar-refractivity contribution in [1.82, 2.24) is 0 Å². The molecule has 0 amide bonds. The zero-order chi connectivity index (χ0) is 19.4. The van der Waals surface area contributed by atoms with Crippen LogP contribution in [-0.4, -0.2) is 32.8 Å². The largest absolute Gasteiger partial charge is 0.481 e. The van der Waals surface area contributed by atoms with Crippen LogP contribution in [0.3, 0.4) is 0 Å². The molecule has 0 saturated heterocycles. The number of benzene rings is 1. The van der Waals surface area contributed by atoms with Crippen LogP contribution in [-0.2, 0) is 10.4 Å². The van der Waals surface area contributed by atoms with E-state index in [4.69, 9.17) is 16.7 Å². The Morgan fingerprint density at radius 3 is 2.52 bits per heavy atom. The Labute approximate surface area is 165 Å². The molecule has 27 heavy (non-hydrogen) atoms. The van der Waals surface area contributed by atoms with E-state index in [1.807, 2.05) is 30.3 Å². The van der Waals surface area contributed by atoms with Crippen LogP contribution in [0.25, 0.3) is 0 Å². The number of allylic oxidation sites excluding steroid dienone is 2. The molecule has 2 saturated carbocycles. The van der Waals surface area contributed by atoms with Crippen molar-refractivity contribution < 1.29 is 20.1 Å². The average molecular weight is 393 g/mol. The van der Waals surface area contributed by atoms with Crippen molar-refractivity contribution in [2.24, 2.45) is 5.92 Å². The Kier molecular flexibility index (Phi) is 6.61. The Hall–Kier alpha value is -1.36. The number of aliphatic carboxylic acids is 1. The van der Waals surface area contributed by atoms with Crippen LogP contribution >= 0.6 is 11.6 Å². The molecule has 0 spiro atoms. The van der Waals surface area contributed by atoms with Gasteiger partial charge in [0.25, 0.3) is 0 Å². The molecule has 0 aliphatic heterocycles. The van der Waals surface area contributed by atoms with Gasteiger partial charge in [0.1, 0.15) is 0 Å². The minimum absolute atomic E-state index is 0.0127. The van der Waals surface area contributed by atoms with Gasteiger partial charge < -0.3 is 15.3 Å². The lowest BCUT2D eigenvalue weighted by Gasteiger charge is -2.37. The molecule has 0 radical (unpaired) electrons. The number of hydrogen-bond acceptors (Lipinski definition) is 3. The lowest BCUT2D eigenvalue weighted by molar-refractivity contribution is -0.137. The van der Waals surface area contributed by atoms with Crippen molar-refractivity contribution in [3.63, 3.8) is 0 Å². The van der Waals surface area contributed by atoms with Crippen LogP contribution in [0, 0.1) is 5.92 Å². The van der Waals surface area contributed by atoms with Crippen LogP contribution in [0.15, 0.2) is 36.4 Å². The molecule has 0 aromatic heterocycles. The summed E-state index contributed by atoms with van der Waals surface area (Å²) in [7, 11) is 0. The molecule has 2 aliphatic rings. The first kappa shape index (κ1) is 20.4. The van der Waals surface area contributed by atoms with Crippen LogP contribution in [0.2, 0.25) is 0 Å². The highest BCUT2D eigenvalue weighted by Crippen LogP contribution is 2.46. The van der Waals surface area contributed by atoms with Gasteiger partial charge in [-0.15, -0.1) is 11.6 Å². The predicted octanol–water partition coefficient (Wildman–Crippen LogP) is 4.33. The maximum atomic E-state index is 10.5. The van der Waals surface area contributed by atoms with Gasteiger partial charge in [0.05, 0.1) is 11.7 Å². The summed E-state index contributed by atoms with van der Waals surface area (Å²) in [5.41, 5.74) is 1.36. The number of alkyl halides is 1. The number of rotatable bonds is 8. The molecule has 2 aliphatic carbocycles. The third-order valence-electron chi connectivity index (χ3n) is 6.16. The summed E-state index contributed by atoms with van der Waals surface area (Å²) in [6, 6.07) is 8.03. The summed E-state index contributed by atoms with van der Waals surface area (Å²) in [4.78, 5) is 10.5. The molecule has 5 heteroatoms. The molecule has 0 heterocycles. The maximum absolute atomic E-state index is 10.5. The molecule has 4 nitrogen and oxygen atoms in total. The highest BCUT2D eigenvalue weighted by Gasteiger charge is 2.42. The predicted molar refractivity (Wildman–Crippen MR) is 106 cm³/mol. The third-order valence-corrected chi connectivity index (χ3v) is 6.66. The van der Waals surface area contributed by atoms with Crippen molar-refractivity contribution in [3.8, 4) is 0 Å². The highest BCUT2D eigenvalue weighted by atomic mass is 35.5. The molecular formula is C22H29ClO4. The maximum Gasteiger partial charge on any atom is 0.303 e. The Balaban J connectivity index is 1.63. The topological polar surface area (TPSA) is 77.8 Å². The second kappa shape index (κ2) is 8.76. The first-order valence-corrected chi connectivity index (χ1v) is 10.4. The number of aliphatic hydroxyl groups is 2. The number of hydrogen-bond donors (Lipinski definition) is 3. The fourth-order valence-corrected chi connectivity index (χ4v) is 4.83. The van der Waals surface area contributed by atoms with E-state index < -0.39 is 17.7 Å². The van der Waals surface area contributed by atoms with Crippen molar-refractivity contribution in [2.75, 3.05) is 0 Å². The normalized spacial score (nSPS) is 29.7. The first-order valence-electron chi connectivity index (χ1n) is 9.92. The summed E-state index contributed by atoms with van der Waals surface area (Å²) >= 11 is 6.52. The molecule has 0 bridgehead atoms. The zero-order valence-corrected chi connectivity index (χ0v) is 16.3. The SMILES string of the molecule is O=C(O)CCC/C=C\C[C@@H]1[C@@H](c2ccc(C3(O)CCC3)cc2)[C@H](O)C[C@@H]1Cl. The van der Waals surface area contributed by atoms with Crippen molar-refractivity contribution in [2.45, 2.75) is 74.4 Å². The molecular weight excluding hydrogens is 364 g/mol. The summed E-state index contributed by atoms with van der Waals surface area (Å²) in [6.45, 7) is 0. The average Bonchev–Trinajstić information content (AvgIpc) is 2.89. The minimum atomic E-state index is -0.766. The Morgan fingerprint density at radius 1 is 1.22 bits per heavy atom. The number of unbranched alkanes of at least 4 members (excludes halogenated alkanes) is 1. The minimum Gasteiger partial charge on any atom is -0.481 e. The van der Waals surface area contributed by atoms with Crippen LogP contribution < -0.4 is 0 Å². The van der Waals surface area contributed by atoms with Crippen molar-refractivity contribution >= 4 is 17.6 Å². The lowest BCUT2D eigenvalue weighted by Crippen LogP contribution is -2.33.